The van der Waals surface area contributed by atoms with Crippen molar-refractivity contribution in [2.24, 2.45) is 11.3 Å². The fourth-order valence-corrected chi connectivity index (χ4v) is 5.89. The highest BCUT2D eigenvalue weighted by Crippen LogP contribution is 2.50. The zero-order valence-corrected chi connectivity index (χ0v) is 21.3. The van der Waals surface area contributed by atoms with E-state index in [2.05, 4.69) is 74.7 Å². The fourth-order valence-electron chi connectivity index (χ4n) is 5.89. The fraction of sp³-hybridized carbons (Fsp3) is 0.548. The molecule has 0 N–H and O–H groups in total. The molecule has 1 heterocycles. The number of likely N-dealkylation sites (tertiary alicyclic amines) is 1. The van der Waals surface area contributed by atoms with E-state index in [4.69, 9.17) is 9.47 Å². The van der Waals surface area contributed by atoms with Crippen LogP contribution in [-0.4, -0.2) is 30.7 Å². The molecule has 0 amide bonds. The summed E-state index contributed by atoms with van der Waals surface area (Å²) in [7, 11) is 0. The summed E-state index contributed by atoms with van der Waals surface area (Å²) in [4.78, 5) is 2.50. The monoisotopic (exact) mass is 459 g/mol. The molecule has 0 aromatic heterocycles. The Balaban J connectivity index is 1.27. The number of ether oxygens (including phenoxy) is 2. The average molecular weight is 460 g/mol. The average Bonchev–Trinajstić information content (AvgIpc) is 3.67. The van der Waals surface area contributed by atoms with E-state index in [0.29, 0.717) is 5.41 Å². The highest BCUT2D eigenvalue weighted by atomic mass is 16.5. The molecule has 3 heteroatoms. The van der Waals surface area contributed by atoms with Crippen LogP contribution in [0.4, 0.5) is 0 Å². The Morgan fingerprint density at radius 3 is 2.59 bits per heavy atom. The molecular formula is C31H41NO2. The van der Waals surface area contributed by atoms with E-state index in [0.717, 1.165) is 49.9 Å². The van der Waals surface area contributed by atoms with Crippen LogP contribution in [0.2, 0.25) is 0 Å². The second-order valence-electron chi connectivity index (χ2n) is 11.1. The maximum absolute atomic E-state index is 6.53. The predicted molar refractivity (Wildman–Crippen MR) is 140 cm³/mol. The largest absolute Gasteiger partial charge is 0.491 e. The molecule has 2 aromatic rings. The molecule has 182 valence electrons. The van der Waals surface area contributed by atoms with Crippen LogP contribution >= 0.6 is 0 Å². The topological polar surface area (TPSA) is 21.7 Å². The van der Waals surface area contributed by atoms with Crippen molar-refractivity contribution in [2.75, 3.05) is 19.7 Å². The summed E-state index contributed by atoms with van der Waals surface area (Å²) < 4.78 is 12.5. The van der Waals surface area contributed by atoms with Gasteiger partial charge < -0.3 is 14.4 Å². The standard InChI is InChI=1S/C31H41NO2/c1-5-25-18-26(12-13-29(25)34-22(2)3)23(4)32-16-14-31(15-17-32)19-27-8-6-7-9-28(27)30(20-31)33-21-24-10-11-24/h6-9,12-13,18,22,24,30H,4-5,10-11,14-17,19-21H2,1-3H3. The molecule has 3 nitrogen and oxygen atoms in total. The van der Waals surface area contributed by atoms with Crippen molar-refractivity contribution in [1.29, 1.82) is 0 Å². The summed E-state index contributed by atoms with van der Waals surface area (Å²) in [6.07, 6.45) is 8.89. The molecule has 5 rings (SSSR count). The van der Waals surface area contributed by atoms with Crippen LogP contribution in [0.3, 0.4) is 0 Å². The molecule has 1 saturated heterocycles. The van der Waals surface area contributed by atoms with Gasteiger partial charge in [-0.15, -0.1) is 0 Å². The molecule has 2 aliphatic carbocycles. The lowest BCUT2D eigenvalue weighted by Gasteiger charge is -2.48. The Labute approximate surface area is 206 Å². The van der Waals surface area contributed by atoms with E-state index in [1.165, 1.54) is 54.4 Å². The van der Waals surface area contributed by atoms with Gasteiger partial charge in [0.05, 0.1) is 18.8 Å². The van der Waals surface area contributed by atoms with Crippen LogP contribution in [0.15, 0.2) is 49.0 Å². The molecule has 3 aliphatic rings. The third kappa shape index (κ3) is 5.05. The molecular weight excluding hydrogens is 418 g/mol. The first-order valence-corrected chi connectivity index (χ1v) is 13.4. The van der Waals surface area contributed by atoms with Crippen molar-refractivity contribution in [2.45, 2.75) is 77.9 Å². The second kappa shape index (κ2) is 9.77. The van der Waals surface area contributed by atoms with Crippen molar-refractivity contribution >= 4 is 5.70 Å². The van der Waals surface area contributed by atoms with Gasteiger partial charge >= 0.3 is 0 Å². The van der Waals surface area contributed by atoms with Crippen LogP contribution in [0.5, 0.6) is 5.75 Å². The molecule has 0 bridgehead atoms. The number of fused-ring (bicyclic) bond motifs is 1. The minimum absolute atomic E-state index is 0.190. The summed E-state index contributed by atoms with van der Waals surface area (Å²) in [6, 6.07) is 15.6. The molecule has 1 atom stereocenters. The summed E-state index contributed by atoms with van der Waals surface area (Å²) in [5.41, 5.74) is 6.94. The Hall–Kier alpha value is -2.26. The van der Waals surface area contributed by atoms with Gasteiger partial charge in [-0.1, -0.05) is 37.8 Å². The summed E-state index contributed by atoms with van der Waals surface area (Å²) >= 11 is 0. The highest BCUT2D eigenvalue weighted by molar-refractivity contribution is 5.64. The normalized spacial score (nSPS) is 21.5. The van der Waals surface area contributed by atoms with Crippen molar-refractivity contribution in [3.63, 3.8) is 0 Å². The van der Waals surface area contributed by atoms with Gasteiger partial charge in [0.2, 0.25) is 0 Å². The van der Waals surface area contributed by atoms with Gasteiger partial charge in [0.25, 0.3) is 0 Å². The molecule has 0 radical (unpaired) electrons. The number of aryl methyl sites for hydroxylation is 1. The SMILES string of the molecule is C=C(c1ccc(OC(C)C)c(CC)c1)N1CCC2(CC1)Cc1ccccc1C(OCC1CC1)C2. The number of piperidine rings is 1. The highest BCUT2D eigenvalue weighted by Gasteiger charge is 2.42. The van der Waals surface area contributed by atoms with E-state index < -0.39 is 0 Å². The molecule has 1 aliphatic heterocycles. The molecule has 1 spiro atoms. The van der Waals surface area contributed by atoms with Crippen molar-refractivity contribution in [3.05, 3.63) is 71.3 Å². The Morgan fingerprint density at radius 1 is 1.12 bits per heavy atom. The van der Waals surface area contributed by atoms with Crippen molar-refractivity contribution < 1.29 is 9.47 Å². The van der Waals surface area contributed by atoms with E-state index in [1.807, 2.05) is 0 Å². The van der Waals surface area contributed by atoms with E-state index >= 15 is 0 Å². The Kier molecular flexibility index (Phi) is 6.75. The zero-order valence-electron chi connectivity index (χ0n) is 21.3. The third-order valence-corrected chi connectivity index (χ3v) is 8.16. The molecule has 1 unspecified atom stereocenters. The van der Waals surface area contributed by atoms with Crippen LogP contribution in [0.1, 0.15) is 81.2 Å². The summed E-state index contributed by atoms with van der Waals surface area (Å²) in [5, 5.41) is 0. The first-order chi connectivity index (χ1) is 16.5. The smallest absolute Gasteiger partial charge is 0.122 e. The van der Waals surface area contributed by atoms with Gasteiger partial charge in [-0.05, 0) is 111 Å². The number of benzene rings is 2. The van der Waals surface area contributed by atoms with Crippen molar-refractivity contribution in [1.82, 2.24) is 4.90 Å². The molecule has 2 aromatic carbocycles. The van der Waals surface area contributed by atoms with E-state index in [1.54, 1.807) is 0 Å². The number of nitrogens with zero attached hydrogens (tertiary/aromatic N) is 1. The van der Waals surface area contributed by atoms with Gasteiger partial charge in [0, 0.05) is 18.8 Å². The lowest BCUT2D eigenvalue weighted by Crippen LogP contribution is -2.43. The maximum atomic E-state index is 6.53. The minimum atomic E-state index is 0.190. The number of hydrogen-bond acceptors (Lipinski definition) is 3. The number of hydrogen-bond donors (Lipinski definition) is 0. The summed E-state index contributed by atoms with van der Waals surface area (Å²) in [6.45, 7) is 14.0. The van der Waals surface area contributed by atoms with E-state index in [-0.39, 0.29) is 12.2 Å². The first kappa shape index (κ1) is 23.5. The van der Waals surface area contributed by atoms with Crippen molar-refractivity contribution in [3.8, 4) is 5.75 Å². The third-order valence-electron chi connectivity index (χ3n) is 8.16. The van der Waals surface area contributed by atoms with Gasteiger partial charge in [0.1, 0.15) is 5.75 Å². The quantitative estimate of drug-likeness (QED) is 0.416. The lowest BCUT2D eigenvalue weighted by molar-refractivity contribution is -0.0172. The molecule has 34 heavy (non-hydrogen) atoms. The van der Waals surface area contributed by atoms with Gasteiger partial charge in [-0.3, -0.25) is 0 Å². The predicted octanol–water partition coefficient (Wildman–Crippen LogP) is 7.20. The maximum Gasteiger partial charge on any atom is 0.122 e. The molecule has 1 saturated carbocycles. The summed E-state index contributed by atoms with van der Waals surface area (Å²) in [5.74, 6) is 1.81. The molecule has 2 fully saturated rings. The second-order valence-corrected chi connectivity index (χ2v) is 11.1. The number of rotatable bonds is 8. The zero-order chi connectivity index (χ0) is 23.7. The van der Waals surface area contributed by atoms with Crippen LogP contribution in [0, 0.1) is 11.3 Å². The van der Waals surface area contributed by atoms with Gasteiger partial charge in [0.15, 0.2) is 0 Å². The first-order valence-electron chi connectivity index (χ1n) is 13.4. The van der Waals surface area contributed by atoms with Crippen LogP contribution < -0.4 is 4.74 Å². The van der Waals surface area contributed by atoms with Gasteiger partial charge in [-0.25, -0.2) is 0 Å². The van der Waals surface area contributed by atoms with E-state index in [9.17, 15) is 0 Å². The van der Waals surface area contributed by atoms with Crippen LogP contribution in [-0.2, 0) is 17.6 Å². The Morgan fingerprint density at radius 2 is 1.88 bits per heavy atom. The minimum Gasteiger partial charge on any atom is -0.491 e. The lowest BCUT2D eigenvalue weighted by atomic mass is 9.65. The Bertz CT molecular complexity index is 1010. The van der Waals surface area contributed by atoms with Crippen LogP contribution in [0.25, 0.3) is 5.70 Å². The van der Waals surface area contributed by atoms with Gasteiger partial charge in [-0.2, -0.15) is 0 Å².